The predicted molar refractivity (Wildman–Crippen MR) is 100 cm³/mol. The molecule has 0 aliphatic rings. The lowest BCUT2D eigenvalue weighted by Crippen LogP contribution is -2.22. The summed E-state index contributed by atoms with van der Waals surface area (Å²) in [4.78, 5) is 24.5. The molecule has 0 atom stereocenters. The first-order valence-corrected chi connectivity index (χ1v) is 8.39. The van der Waals surface area contributed by atoms with Crippen molar-refractivity contribution in [1.82, 2.24) is 5.32 Å². The van der Waals surface area contributed by atoms with Gasteiger partial charge in [0.15, 0.2) is 0 Å². The molecule has 5 nitrogen and oxygen atoms in total. The maximum atomic E-state index is 12.4. The zero-order valence-electron chi connectivity index (χ0n) is 14.1. The van der Waals surface area contributed by atoms with Gasteiger partial charge in [-0.3, -0.25) is 9.59 Å². The number of furan rings is 1. The second-order valence-electron chi connectivity index (χ2n) is 5.71. The summed E-state index contributed by atoms with van der Waals surface area (Å²) in [6.45, 7) is 2.15. The normalized spacial score (nSPS) is 10.4. The van der Waals surface area contributed by atoms with E-state index in [4.69, 9.17) is 16.0 Å². The van der Waals surface area contributed by atoms with Crippen molar-refractivity contribution in [2.75, 3.05) is 5.32 Å². The van der Waals surface area contributed by atoms with Gasteiger partial charge in [0.25, 0.3) is 11.8 Å². The van der Waals surface area contributed by atoms with Crippen molar-refractivity contribution in [3.8, 4) is 0 Å². The Morgan fingerprint density at radius 3 is 2.31 bits per heavy atom. The SMILES string of the molecule is Cc1c(Cl)cccc1NC(=O)c1ccc(C(=O)NCc2ccco2)cc1. The molecule has 2 N–H and O–H groups in total. The topological polar surface area (TPSA) is 71.3 Å². The third-order valence-electron chi connectivity index (χ3n) is 3.93. The van der Waals surface area contributed by atoms with Crippen molar-refractivity contribution in [2.45, 2.75) is 13.5 Å². The van der Waals surface area contributed by atoms with Crippen LogP contribution in [0.15, 0.2) is 65.3 Å². The highest BCUT2D eigenvalue weighted by Crippen LogP contribution is 2.23. The van der Waals surface area contributed by atoms with Gasteiger partial charge in [0.1, 0.15) is 5.76 Å². The van der Waals surface area contributed by atoms with E-state index in [0.717, 1.165) is 5.56 Å². The zero-order chi connectivity index (χ0) is 18.5. The lowest BCUT2D eigenvalue weighted by molar-refractivity contribution is 0.0946. The molecule has 132 valence electrons. The van der Waals surface area contributed by atoms with E-state index in [1.54, 1.807) is 60.9 Å². The molecule has 0 radical (unpaired) electrons. The van der Waals surface area contributed by atoms with Crippen LogP contribution in [0.25, 0.3) is 0 Å². The molecule has 3 aromatic rings. The zero-order valence-corrected chi connectivity index (χ0v) is 14.8. The largest absolute Gasteiger partial charge is 0.467 e. The summed E-state index contributed by atoms with van der Waals surface area (Å²) in [5.74, 6) is 0.170. The number of carbonyl (C=O) groups is 2. The molecular weight excluding hydrogens is 352 g/mol. The van der Waals surface area contributed by atoms with Crippen molar-refractivity contribution in [1.29, 1.82) is 0 Å². The summed E-state index contributed by atoms with van der Waals surface area (Å²) in [7, 11) is 0. The van der Waals surface area contributed by atoms with Crippen LogP contribution < -0.4 is 10.6 Å². The monoisotopic (exact) mass is 368 g/mol. The fraction of sp³-hybridized carbons (Fsp3) is 0.100. The molecule has 0 saturated heterocycles. The second-order valence-corrected chi connectivity index (χ2v) is 6.11. The fourth-order valence-electron chi connectivity index (χ4n) is 2.39. The smallest absolute Gasteiger partial charge is 0.255 e. The first-order chi connectivity index (χ1) is 12.5. The third-order valence-corrected chi connectivity index (χ3v) is 4.34. The van der Waals surface area contributed by atoms with Crippen LogP contribution in [0.4, 0.5) is 5.69 Å². The Bertz CT molecular complexity index is 919. The van der Waals surface area contributed by atoms with Gasteiger partial charge < -0.3 is 15.1 Å². The molecule has 1 heterocycles. The summed E-state index contributed by atoms with van der Waals surface area (Å²) < 4.78 is 5.17. The Kier molecular flexibility index (Phi) is 5.39. The molecule has 6 heteroatoms. The molecule has 0 fully saturated rings. The molecule has 3 rings (SSSR count). The Morgan fingerprint density at radius 1 is 0.962 bits per heavy atom. The first-order valence-electron chi connectivity index (χ1n) is 8.01. The van der Waals surface area contributed by atoms with Gasteiger partial charge in [-0.1, -0.05) is 17.7 Å². The van der Waals surface area contributed by atoms with Crippen LogP contribution in [-0.4, -0.2) is 11.8 Å². The quantitative estimate of drug-likeness (QED) is 0.700. The number of carbonyl (C=O) groups excluding carboxylic acids is 2. The fourth-order valence-corrected chi connectivity index (χ4v) is 2.57. The molecule has 0 saturated carbocycles. The molecule has 0 spiro atoms. The highest BCUT2D eigenvalue weighted by atomic mass is 35.5. The number of anilines is 1. The molecule has 1 aromatic heterocycles. The standard InChI is InChI=1S/C20H17ClN2O3/c1-13-17(21)5-2-6-18(13)23-20(25)15-9-7-14(8-10-15)19(24)22-12-16-4-3-11-26-16/h2-11H,12H2,1H3,(H,22,24)(H,23,25). The Hall–Kier alpha value is -3.05. The van der Waals surface area contributed by atoms with E-state index in [1.807, 2.05) is 6.92 Å². The van der Waals surface area contributed by atoms with Crippen LogP contribution in [0.1, 0.15) is 32.0 Å². The second kappa shape index (κ2) is 7.89. The molecule has 2 aromatic carbocycles. The predicted octanol–water partition coefficient (Wildman–Crippen LogP) is 4.42. The third kappa shape index (κ3) is 4.13. The van der Waals surface area contributed by atoms with Crippen LogP contribution in [0.3, 0.4) is 0 Å². The summed E-state index contributed by atoms with van der Waals surface area (Å²) in [5.41, 5.74) is 2.37. The number of amides is 2. The molecule has 2 amide bonds. The molecule has 0 bridgehead atoms. The van der Waals surface area contributed by atoms with Crippen molar-refractivity contribution >= 4 is 29.1 Å². The Morgan fingerprint density at radius 2 is 1.65 bits per heavy atom. The maximum Gasteiger partial charge on any atom is 0.255 e. The molecular formula is C20H17ClN2O3. The van der Waals surface area contributed by atoms with Crippen LogP contribution in [0.5, 0.6) is 0 Å². The molecule has 0 aliphatic carbocycles. The van der Waals surface area contributed by atoms with Crippen LogP contribution in [0.2, 0.25) is 5.02 Å². The van der Waals surface area contributed by atoms with E-state index in [2.05, 4.69) is 10.6 Å². The average Bonchev–Trinajstić information content (AvgIpc) is 3.17. The first kappa shape index (κ1) is 17.8. The summed E-state index contributed by atoms with van der Waals surface area (Å²) >= 11 is 6.06. The van der Waals surface area contributed by atoms with Crippen molar-refractivity contribution in [3.63, 3.8) is 0 Å². The van der Waals surface area contributed by atoms with Gasteiger partial charge in [0.2, 0.25) is 0 Å². The van der Waals surface area contributed by atoms with Gasteiger partial charge in [-0.2, -0.15) is 0 Å². The summed E-state index contributed by atoms with van der Waals surface area (Å²) in [6, 6.07) is 15.3. The highest BCUT2D eigenvalue weighted by molar-refractivity contribution is 6.31. The van der Waals surface area contributed by atoms with E-state index >= 15 is 0 Å². The number of hydrogen-bond acceptors (Lipinski definition) is 3. The van der Waals surface area contributed by atoms with E-state index < -0.39 is 0 Å². The Balaban J connectivity index is 1.64. The van der Waals surface area contributed by atoms with Gasteiger partial charge in [-0.05, 0) is 61.0 Å². The van der Waals surface area contributed by atoms with Crippen molar-refractivity contribution in [3.05, 3.63) is 88.3 Å². The highest BCUT2D eigenvalue weighted by Gasteiger charge is 2.11. The van der Waals surface area contributed by atoms with Crippen LogP contribution in [0, 0.1) is 6.92 Å². The van der Waals surface area contributed by atoms with Gasteiger partial charge in [0, 0.05) is 21.8 Å². The van der Waals surface area contributed by atoms with E-state index in [9.17, 15) is 9.59 Å². The molecule has 0 aliphatic heterocycles. The summed E-state index contributed by atoms with van der Waals surface area (Å²) in [5, 5.41) is 6.17. The van der Waals surface area contributed by atoms with Crippen molar-refractivity contribution in [2.24, 2.45) is 0 Å². The number of halogens is 1. The molecule has 0 unspecified atom stereocenters. The van der Waals surface area contributed by atoms with Crippen LogP contribution in [-0.2, 0) is 6.54 Å². The summed E-state index contributed by atoms with van der Waals surface area (Å²) in [6.07, 6.45) is 1.55. The van der Waals surface area contributed by atoms with Crippen LogP contribution >= 0.6 is 11.6 Å². The minimum atomic E-state index is -0.266. The number of nitrogens with one attached hydrogen (secondary N) is 2. The number of benzene rings is 2. The molecule has 26 heavy (non-hydrogen) atoms. The minimum Gasteiger partial charge on any atom is -0.467 e. The van der Waals surface area contributed by atoms with E-state index in [-0.39, 0.29) is 11.8 Å². The maximum absolute atomic E-state index is 12.4. The van der Waals surface area contributed by atoms with Gasteiger partial charge >= 0.3 is 0 Å². The van der Waals surface area contributed by atoms with E-state index in [1.165, 1.54) is 0 Å². The number of hydrogen-bond donors (Lipinski definition) is 2. The minimum absolute atomic E-state index is 0.237. The van der Waals surface area contributed by atoms with Gasteiger partial charge in [-0.15, -0.1) is 0 Å². The van der Waals surface area contributed by atoms with E-state index in [0.29, 0.717) is 34.1 Å². The average molecular weight is 369 g/mol. The lowest BCUT2D eigenvalue weighted by Gasteiger charge is -2.10. The number of rotatable bonds is 5. The van der Waals surface area contributed by atoms with Crippen molar-refractivity contribution < 1.29 is 14.0 Å². The van der Waals surface area contributed by atoms with Gasteiger partial charge in [-0.25, -0.2) is 0 Å². The Labute approximate surface area is 156 Å². The lowest BCUT2D eigenvalue weighted by atomic mass is 10.1. The van der Waals surface area contributed by atoms with Gasteiger partial charge in [0.05, 0.1) is 12.8 Å².